The highest BCUT2D eigenvalue weighted by Crippen LogP contribution is 2.32. The van der Waals surface area contributed by atoms with E-state index in [0.29, 0.717) is 49.1 Å². The summed E-state index contributed by atoms with van der Waals surface area (Å²) in [6, 6.07) is 6.12. The number of nitrogens with one attached hydrogen (secondary N) is 1. The molecule has 3 heterocycles. The number of aromatic nitrogens is 2. The van der Waals surface area contributed by atoms with Gasteiger partial charge in [0.25, 0.3) is 5.91 Å². The lowest BCUT2D eigenvalue weighted by Crippen LogP contribution is -2.40. The van der Waals surface area contributed by atoms with Crippen LogP contribution in [0.15, 0.2) is 36.7 Å². The van der Waals surface area contributed by atoms with E-state index in [-0.39, 0.29) is 24.1 Å². The number of pyridine rings is 1. The number of hydrogen-bond donors (Lipinski definition) is 1. The standard InChI is InChI=1S/C20H21FN4O3.ClH/c1-24-6-5-14-18(24)15(20(26)25-7-9-28-10-8-25)12-22-19(14)23-16-11-13(21)3-4-17(16)27-2;/h3-6,11-12H,7-10H2,1-2H3,(H,22,23);1H. The first-order chi connectivity index (χ1) is 13.6. The van der Waals surface area contributed by atoms with Crippen LogP contribution in [0.5, 0.6) is 5.75 Å². The summed E-state index contributed by atoms with van der Waals surface area (Å²) in [7, 11) is 3.40. The van der Waals surface area contributed by atoms with E-state index in [1.807, 2.05) is 23.9 Å². The Bertz CT molecular complexity index is 1030. The zero-order chi connectivity index (χ0) is 19.7. The average molecular weight is 421 g/mol. The summed E-state index contributed by atoms with van der Waals surface area (Å²) in [4.78, 5) is 19.2. The molecule has 1 aromatic carbocycles. The van der Waals surface area contributed by atoms with Gasteiger partial charge in [0.15, 0.2) is 0 Å². The molecule has 154 valence electrons. The summed E-state index contributed by atoms with van der Waals surface area (Å²) in [5.41, 5.74) is 1.76. The molecule has 0 radical (unpaired) electrons. The fourth-order valence-electron chi connectivity index (χ4n) is 3.41. The number of anilines is 2. The molecule has 4 rings (SSSR count). The predicted octanol–water partition coefficient (Wildman–Crippen LogP) is 3.36. The van der Waals surface area contributed by atoms with Gasteiger partial charge < -0.3 is 24.3 Å². The van der Waals surface area contributed by atoms with Crippen LogP contribution in [0.1, 0.15) is 10.4 Å². The number of ether oxygens (including phenoxy) is 2. The fraction of sp³-hybridized carbons (Fsp3) is 0.300. The average Bonchev–Trinajstić information content (AvgIpc) is 3.11. The monoisotopic (exact) mass is 420 g/mol. The van der Waals surface area contributed by atoms with Crippen LogP contribution in [0.4, 0.5) is 15.9 Å². The molecule has 0 aliphatic carbocycles. The topological polar surface area (TPSA) is 68.6 Å². The number of carbonyl (C=O) groups excluding carboxylic acids is 1. The third-order valence-electron chi connectivity index (χ3n) is 4.85. The molecule has 29 heavy (non-hydrogen) atoms. The largest absolute Gasteiger partial charge is 0.495 e. The van der Waals surface area contributed by atoms with E-state index in [2.05, 4.69) is 10.3 Å². The molecule has 0 atom stereocenters. The minimum atomic E-state index is -0.383. The van der Waals surface area contributed by atoms with Crippen molar-refractivity contribution in [3.63, 3.8) is 0 Å². The summed E-state index contributed by atoms with van der Waals surface area (Å²) in [6.45, 7) is 2.19. The van der Waals surface area contributed by atoms with E-state index in [1.54, 1.807) is 17.2 Å². The Labute approximate surface area is 173 Å². The predicted molar refractivity (Wildman–Crippen MR) is 111 cm³/mol. The highest BCUT2D eigenvalue weighted by molar-refractivity contribution is 6.08. The minimum Gasteiger partial charge on any atom is -0.495 e. The van der Waals surface area contributed by atoms with Crippen molar-refractivity contribution in [1.82, 2.24) is 14.5 Å². The van der Waals surface area contributed by atoms with Crippen LogP contribution in [-0.2, 0) is 11.8 Å². The van der Waals surface area contributed by atoms with Crippen molar-refractivity contribution in [2.24, 2.45) is 7.05 Å². The summed E-state index contributed by atoms with van der Waals surface area (Å²) < 4.78 is 26.2. The highest BCUT2D eigenvalue weighted by Gasteiger charge is 2.23. The smallest absolute Gasteiger partial charge is 0.257 e. The number of nitrogens with zero attached hydrogens (tertiary/aromatic N) is 3. The van der Waals surface area contributed by atoms with Crippen molar-refractivity contribution in [3.05, 3.63) is 48.0 Å². The molecule has 1 N–H and O–H groups in total. The van der Waals surface area contributed by atoms with E-state index in [1.165, 1.54) is 19.2 Å². The molecular weight excluding hydrogens is 399 g/mol. The number of benzene rings is 1. The van der Waals surface area contributed by atoms with Crippen molar-refractivity contribution < 1.29 is 18.7 Å². The molecule has 1 fully saturated rings. The number of fused-ring (bicyclic) bond motifs is 1. The molecule has 0 unspecified atom stereocenters. The fourth-order valence-corrected chi connectivity index (χ4v) is 3.41. The summed E-state index contributed by atoms with van der Waals surface area (Å²) in [5, 5.41) is 3.90. The first-order valence-electron chi connectivity index (χ1n) is 9.00. The number of aryl methyl sites for hydroxylation is 1. The van der Waals surface area contributed by atoms with Gasteiger partial charge in [0.2, 0.25) is 0 Å². The minimum absolute atomic E-state index is 0. The molecule has 7 nitrogen and oxygen atoms in total. The maximum atomic E-state index is 13.7. The Balaban J connectivity index is 0.00000240. The van der Waals surface area contributed by atoms with Crippen molar-refractivity contribution in [3.8, 4) is 5.75 Å². The van der Waals surface area contributed by atoms with Crippen LogP contribution in [0.25, 0.3) is 10.9 Å². The second kappa shape index (κ2) is 8.67. The molecule has 3 aromatic rings. The zero-order valence-electron chi connectivity index (χ0n) is 16.1. The van der Waals surface area contributed by atoms with E-state index in [4.69, 9.17) is 9.47 Å². The second-order valence-electron chi connectivity index (χ2n) is 6.58. The third-order valence-corrected chi connectivity index (χ3v) is 4.85. The van der Waals surface area contributed by atoms with Crippen LogP contribution in [0.3, 0.4) is 0 Å². The zero-order valence-corrected chi connectivity index (χ0v) is 17.0. The maximum absolute atomic E-state index is 13.7. The first kappa shape index (κ1) is 20.9. The van der Waals surface area contributed by atoms with Gasteiger partial charge in [-0.1, -0.05) is 0 Å². The molecule has 1 aliphatic heterocycles. The summed E-state index contributed by atoms with van der Waals surface area (Å²) >= 11 is 0. The van der Waals surface area contributed by atoms with Crippen LogP contribution >= 0.6 is 12.4 Å². The molecule has 0 saturated carbocycles. The second-order valence-corrected chi connectivity index (χ2v) is 6.58. The van der Waals surface area contributed by atoms with Gasteiger partial charge >= 0.3 is 0 Å². The van der Waals surface area contributed by atoms with Gasteiger partial charge in [-0.25, -0.2) is 9.37 Å². The number of rotatable bonds is 4. The van der Waals surface area contributed by atoms with Crippen molar-refractivity contribution >= 4 is 40.7 Å². The van der Waals surface area contributed by atoms with E-state index < -0.39 is 0 Å². The molecule has 0 bridgehead atoms. The van der Waals surface area contributed by atoms with Crippen molar-refractivity contribution in [2.45, 2.75) is 0 Å². The molecule has 1 amide bonds. The Kier molecular flexibility index (Phi) is 6.24. The summed E-state index contributed by atoms with van der Waals surface area (Å²) in [5.74, 6) is 0.572. The first-order valence-corrected chi connectivity index (χ1v) is 9.00. The summed E-state index contributed by atoms with van der Waals surface area (Å²) in [6.07, 6.45) is 3.44. The lowest BCUT2D eigenvalue weighted by atomic mass is 10.1. The normalized spacial score (nSPS) is 13.8. The molecule has 1 aliphatic rings. The lowest BCUT2D eigenvalue weighted by Gasteiger charge is -2.27. The van der Waals surface area contributed by atoms with Gasteiger partial charge in [-0.3, -0.25) is 4.79 Å². The van der Waals surface area contributed by atoms with Gasteiger partial charge in [0.05, 0.1) is 37.1 Å². The number of hydrogen-bond acceptors (Lipinski definition) is 5. The molecule has 1 saturated heterocycles. The van der Waals surface area contributed by atoms with Gasteiger partial charge in [0.1, 0.15) is 17.4 Å². The van der Waals surface area contributed by atoms with Gasteiger partial charge in [0, 0.05) is 44.0 Å². The van der Waals surface area contributed by atoms with Gasteiger partial charge in [-0.2, -0.15) is 0 Å². The molecule has 9 heteroatoms. The van der Waals surface area contributed by atoms with Crippen LogP contribution < -0.4 is 10.1 Å². The van der Waals surface area contributed by atoms with Gasteiger partial charge in [-0.05, 0) is 18.2 Å². The Morgan fingerprint density at radius 2 is 2.03 bits per heavy atom. The van der Waals surface area contributed by atoms with E-state index in [9.17, 15) is 9.18 Å². The Morgan fingerprint density at radius 3 is 2.76 bits per heavy atom. The number of morpholine rings is 1. The Hall–Kier alpha value is -2.84. The number of amides is 1. The van der Waals surface area contributed by atoms with E-state index >= 15 is 0 Å². The molecule has 0 spiro atoms. The SMILES string of the molecule is COc1ccc(F)cc1Nc1ncc(C(=O)N2CCOCC2)c2c1ccn2C.Cl. The molecule has 2 aromatic heterocycles. The van der Waals surface area contributed by atoms with Crippen LogP contribution in [0, 0.1) is 5.82 Å². The number of methoxy groups -OCH3 is 1. The third kappa shape index (κ3) is 3.99. The molecular formula is C20H22ClFN4O3. The maximum Gasteiger partial charge on any atom is 0.257 e. The van der Waals surface area contributed by atoms with Gasteiger partial charge in [-0.15, -0.1) is 12.4 Å². The Morgan fingerprint density at radius 1 is 1.28 bits per heavy atom. The number of carbonyl (C=O) groups is 1. The quantitative estimate of drug-likeness (QED) is 0.701. The lowest BCUT2D eigenvalue weighted by molar-refractivity contribution is 0.0303. The van der Waals surface area contributed by atoms with Crippen molar-refractivity contribution in [1.29, 1.82) is 0 Å². The van der Waals surface area contributed by atoms with Crippen molar-refractivity contribution in [2.75, 3.05) is 38.7 Å². The number of halogens is 2. The highest BCUT2D eigenvalue weighted by atomic mass is 35.5. The van der Waals surface area contributed by atoms with Crippen LogP contribution in [-0.4, -0.2) is 53.8 Å². The van der Waals surface area contributed by atoms with E-state index in [0.717, 1.165) is 10.9 Å². The van der Waals surface area contributed by atoms with Crippen LogP contribution in [0.2, 0.25) is 0 Å².